The van der Waals surface area contributed by atoms with E-state index in [-0.39, 0.29) is 0 Å². The molecule has 10 aromatic carbocycles. The van der Waals surface area contributed by atoms with Crippen LogP contribution in [0.1, 0.15) is 0 Å². The number of hydrogen-bond donors (Lipinski definition) is 0. The zero-order valence-corrected chi connectivity index (χ0v) is 33.6. The fourth-order valence-corrected chi connectivity index (χ4v) is 9.86. The first kappa shape index (κ1) is 34.5. The van der Waals surface area contributed by atoms with Crippen molar-refractivity contribution >= 4 is 76.2 Å². The van der Waals surface area contributed by atoms with E-state index in [1.807, 2.05) is 6.20 Å². The van der Waals surface area contributed by atoms with Crippen LogP contribution in [0.2, 0.25) is 0 Å². The summed E-state index contributed by atoms with van der Waals surface area (Å²) in [4.78, 5) is 10.4. The van der Waals surface area contributed by atoms with Crippen molar-refractivity contribution < 1.29 is 0 Å². The Morgan fingerprint density at radius 2 is 0.742 bits per heavy atom. The van der Waals surface area contributed by atoms with E-state index in [2.05, 4.69) is 221 Å². The second-order valence-electron chi connectivity index (χ2n) is 16.2. The molecule has 0 bridgehead atoms. The summed E-state index contributed by atoms with van der Waals surface area (Å²) in [6.45, 7) is 0. The number of aromatic nitrogens is 4. The van der Waals surface area contributed by atoms with Crippen molar-refractivity contribution in [2.24, 2.45) is 0 Å². The van der Waals surface area contributed by atoms with Gasteiger partial charge in [-0.2, -0.15) is 0 Å². The lowest BCUT2D eigenvalue weighted by Crippen LogP contribution is -1.96. The highest BCUT2D eigenvalue weighted by Crippen LogP contribution is 2.40. The molecule has 13 aromatic rings. The summed E-state index contributed by atoms with van der Waals surface area (Å²) in [6, 6.07) is 76.6. The van der Waals surface area contributed by atoms with Gasteiger partial charge < -0.3 is 9.13 Å². The second-order valence-corrected chi connectivity index (χ2v) is 16.2. The Bertz CT molecular complexity index is 3880. The van der Waals surface area contributed by atoms with Crippen molar-refractivity contribution in [2.75, 3.05) is 0 Å². The lowest BCUT2D eigenvalue weighted by atomic mass is 9.99. The maximum Gasteiger partial charge on any atom is 0.0979 e. The Hall–Kier alpha value is -8.34. The molecule has 0 saturated carbocycles. The molecule has 0 saturated heterocycles. The van der Waals surface area contributed by atoms with E-state index in [9.17, 15) is 0 Å². The predicted octanol–water partition coefficient (Wildman–Crippen LogP) is 15.1. The number of nitrogens with zero attached hydrogens (tertiary/aromatic N) is 4. The smallest absolute Gasteiger partial charge is 0.0979 e. The summed E-state index contributed by atoms with van der Waals surface area (Å²) >= 11 is 0. The van der Waals surface area contributed by atoms with Gasteiger partial charge in [0.05, 0.1) is 45.0 Å². The van der Waals surface area contributed by atoms with Gasteiger partial charge in [-0.05, 0) is 93.7 Å². The van der Waals surface area contributed by atoms with E-state index in [0.29, 0.717) is 0 Å². The zero-order valence-electron chi connectivity index (χ0n) is 33.6. The molecule has 0 spiro atoms. The summed E-state index contributed by atoms with van der Waals surface area (Å²) in [6.07, 6.45) is 1.93. The molecule has 0 N–H and O–H groups in total. The third kappa shape index (κ3) is 5.27. The summed E-state index contributed by atoms with van der Waals surface area (Å²) in [5, 5.41) is 9.54. The molecule has 0 atom stereocenters. The van der Waals surface area contributed by atoms with E-state index in [1.54, 1.807) is 0 Å². The molecule has 3 aromatic heterocycles. The van der Waals surface area contributed by atoms with Crippen LogP contribution in [0.3, 0.4) is 0 Å². The minimum Gasteiger partial charge on any atom is -0.309 e. The summed E-state index contributed by atoms with van der Waals surface area (Å²) in [7, 11) is 0. The van der Waals surface area contributed by atoms with Gasteiger partial charge in [0, 0.05) is 49.3 Å². The van der Waals surface area contributed by atoms with Crippen LogP contribution < -0.4 is 0 Å². The maximum atomic E-state index is 5.32. The first-order chi connectivity index (χ1) is 30.7. The summed E-state index contributed by atoms with van der Waals surface area (Å²) in [5.41, 5.74) is 15.5. The van der Waals surface area contributed by atoms with Gasteiger partial charge in [-0.3, -0.25) is 4.98 Å². The zero-order chi connectivity index (χ0) is 40.7. The van der Waals surface area contributed by atoms with Crippen molar-refractivity contribution in [3.8, 4) is 44.9 Å². The average molecular weight is 789 g/mol. The van der Waals surface area contributed by atoms with Crippen molar-refractivity contribution in [3.05, 3.63) is 219 Å². The van der Waals surface area contributed by atoms with E-state index in [0.717, 1.165) is 55.5 Å². The quantitative estimate of drug-likeness (QED) is 0.163. The molecule has 62 heavy (non-hydrogen) atoms. The van der Waals surface area contributed by atoms with Gasteiger partial charge >= 0.3 is 0 Å². The Kier molecular flexibility index (Phi) is 7.57. The summed E-state index contributed by atoms with van der Waals surface area (Å²) < 4.78 is 4.77. The Morgan fingerprint density at radius 3 is 1.37 bits per heavy atom. The molecule has 4 heteroatoms. The molecule has 0 aliphatic rings. The van der Waals surface area contributed by atoms with Crippen LogP contribution in [0.25, 0.3) is 121 Å². The van der Waals surface area contributed by atoms with Gasteiger partial charge in [-0.15, -0.1) is 0 Å². The fourth-order valence-electron chi connectivity index (χ4n) is 9.86. The molecule has 0 aliphatic carbocycles. The monoisotopic (exact) mass is 788 g/mol. The molecule has 0 unspecified atom stereocenters. The van der Waals surface area contributed by atoms with Crippen molar-refractivity contribution in [1.82, 2.24) is 19.1 Å². The predicted molar refractivity (Wildman–Crippen MR) is 260 cm³/mol. The molecule has 13 rings (SSSR count). The number of para-hydroxylation sites is 2. The molecule has 0 radical (unpaired) electrons. The summed E-state index contributed by atoms with van der Waals surface area (Å²) in [5.74, 6) is 0. The van der Waals surface area contributed by atoms with Gasteiger partial charge in [0.15, 0.2) is 0 Å². The van der Waals surface area contributed by atoms with Crippen LogP contribution in [0.5, 0.6) is 0 Å². The second kappa shape index (κ2) is 13.6. The largest absolute Gasteiger partial charge is 0.309 e. The highest BCUT2D eigenvalue weighted by Gasteiger charge is 2.18. The molecule has 0 fully saturated rings. The Morgan fingerprint density at radius 1 is 0.274 bits per heavy atom. The molecular weight excluding hydrogens is 753 g/mol. The van der Waals surface area contributed by atoms with E-state index in [1.165, 1.54) is 65.6 Å². The topological polar surface area (TPSA) is 35.6 Å². The lowest BCUT2D eigenvalue weighted by Gasteiger charge is -2.12. The first-order valence-electron chi connectivity index (χ1n) is 21.1. The van der Waals surface area contributed by atoms with Crippen LogP contribution in [-0.4, -0.2) is 19.1 Å². The van der Waals surface area contributed by atoms with E-state index >= 15 is 0 Å². The highest BCUT2D eigenvalue weighted by molar-refractivity contribution is 6.23. The normalized spacial score (nSPS) is 11.9. The third-order valence-electron chi connectivity index (χ3n) is 12.7. The van der Waals surface area contributed by atoms with Gasteiger partial charge in [-0.25, -0.2) is 4.98 Å². The Labute approximate surface area is 357 Å². The average Bonchev–Trinajstić information content (AvgIpc) is 3.86. The standard InChI is InChI=1S/C58H36N4/c1-2-13-37(14-3-1)38-25-29-42(30-26-38)61-53-23-10-8-19-46(53)50-34-39(27-31-55(50)61)40-28-32-56-51(35-40)47-20-9-11-24-54(47)62(56)43-16-12-15-41(33-43)52-36-59-57-48-21-6-4-17-44(48)45-18-5-7-22-49(45)58(57)60-52/h1-36H. The first-order valence-corrected chi connectivity index (χ1v) is 21.1. The van der Waals surface area contributed by atoms with E-state index in [4.69, 9.17) is 9.97 Å². The Balaban J connectivity index is 0.917. The number of benzene rings is 10. The SMILES string of the molecule is c1ccc(-c2ccc(-n3c4ccccc4c4cc(-c5ccc6c(c5)c5ccccc5n6-c5cccc(-c6cnc7c8ccccc8c8ccccc8c7n6)c5)ccc43)cc2)cc1. The highest BCUT2D eigenvalue weighted by atomic mass is 15.0. The van der Waals surface area contributed by atoms with Crippen LogP contribution in [-0.2, 0) is 0 Å². The van der Waals surface area contributed by atoms with E-state index < -0.39 is 0 Å². The molecule has 0 aliphatic heterocycles. The number of rotatable bonds is 5. The van der Waals surface area contributed by atoms with Crippen LogP contribution in [0, 0.1) is 0 Å². The minimum absolute atomic E-state index is 0.851. The van der Waals surface area contributed by atoms with Gasteiger partial charge in [-0.1, -0.05) is 152 Å². The van der Waals surface area contributed by atoms with Crippen molar-refractivity contribution in [2.45, 2.75) is 0 Å². The number of hydrogen-bond acceptors (Lipinski definition) is 2. The maximum absolute atomic E-state index is 5.32. The molecule has 3 heterocycles. The number of fused-ring (bicyclic) bond motifs is 12. The molecule has 4 nitrogen and oxygen atoms in total. The van der Waals surface area contributed by atoms with Gasteiger partial charge in [0.25, 0.3) is 0 Å². The van der Waals surface area contributed by atoms with Gasteiger partial charge in [0.1, 0.15) is 0 Å². The van der Waals surface area contributed by atoms with Crippen LogP contribution >= 0.6 is 0 Å². The molecule has 0 amide bonds. The fraction of sp³-hybridized carbons (Fsp3) is 0. The minimum atomic E-state index is 0.851. The van der Waals surface area contributed by atoms with Crippen LogP contribution in [0.4, 0.5) is 0 Å². The van der Waals surface area contributed by atoms with Gasteiger partial charge in [0.2, 0.25) is 0 Å². The molecule has 288 valence electrons. The molecular formula is C58H36N4. The van der Waals surface area contributed by atoms with Crippen molar-refractivity contribution in [1.29, 1.82) is 0 Å². The van der Waals surface area contributed by atoms with Crippen molar-refractivity contribution in [3.63, 3.8) is 0 Å². The lowest BCUT2D eigenvalue weighted by molar-refractivity contribution is 1.18. The third-order valence-corrected chi connectivity index (χ3v) is 12.7. The van der Waals surface area contributed by atoms with Crippen LogP contribution in [0.15, 0.2) is 219 Å².